The smallest absolute Gasteiger partial charge is 0.378 e. The Morgan fingerprint density at radius 1 is 1.47 bits per heavy atom. The molecule has 0 aliphatic rings. The Bertz CT molecular complexity index is 623. The summed E-state index contributed by atoms with van der Waals surface area (Å²) in [5, 5.41) is 10.0. The number of benzene rings is 1. The van der Waals surface area contributed by atoms with Crippen LogP contribution in [-0.4, -0.2) is 5.11 Å². The number of fused-ring (bicyclic) bond motifs is 1. The Morgan fingerprint density at radius 3 is 2.94 bits per heavy atom. The van der Waals surface area contributed by atoms with E-state index in [1.54, 1.807) is 0 Å². The molecular weight excluding hydrogens is 216 g/mol. The largest absolute Gasteiger partial charge is 0.502 e. The van der Waals surface area contributed by atoms with E-state index in [1.165, 1.54) is 6.07 Å². The summed E-state index contributed by atoms with van der Waals surface area (Å²) in [7, 11) is 0. The van der Waals surface area contributed by atoms with E-state index in [4.69, 9.17) is 4.42 Å². The normalized spacial score (nSPS) is 10.6. The van der Waals surface area contributed by atoms with Gasteiger partial charge in [-0.05, 0) is 31.4 Å². The maximum absolute atomic E-state index is 11.3. The van der Waals surface area contributed by atoms with Crippen molar-refractivity contribution in [2.45, 2.75) is 19.8 Å². The molecule has 1 aromatic heterocycles. The Labute approximate surface area is 99.0 Å². The molecule has 0 radical (unpaired) electrons. The summed E-state index contributed by atoms with van der Waals surface area (Å²) in [6, 6.07) is 7.05. The molecule has 1 aromatic carbocycles. The predicted octanol–water partition coefficient (Wildman–Crippen LogP) is 3.01. The van der Waals surface area contributed by atoms with Crippen molar-refractivity contribution in [1.82, 2.24) is 0 Å². The van der Waals surface area contributed by atoms with Gasteiger partial charge in [-0.2, -0.15) is 0 Å². The molecule has 1 N–H and O–H groups in total. The molecule has 88 valence electrons. The lowest BCUT2D eigenvalue weighted by molar-refractivity contribution is 0.427. The summed E-state index contributed by atoms with van der Waals surface area (Å²) in [6.07, 6.45) is 1.63. The first kappa shape index (κ1) is 11.5. The highest BCUT2D eigenvalue weighted by molar-refractivity contribution is 5.80. The molecule has 0 bridgehead atoms. The summed E-state index contributed by atoms with van der Waals surface area (Å²) >= 11 is 0. The van der Waals surface area contributed by atoms with Crippen molar-refractivity contribution in [3.63, 3.8) is 0 Å². The maximum Gasteiger partial charge on any atom is 0.378 e. The third-order valence-electron chi connectivity index (χ3n) is 2.64. The van der Waals surface area contributed by atoms with Gasteiger partial charge in [0.15, 0.2) is 0 Å². The zero-order valence-electron chi connectivity index (χ0n) is 9.69. The van der Waals surface area contributed by atoms with Gasteiger partial charge in [-0.1, -0.05) is 23.8 Å². The first-order valence-corrected chi connectivity index (χ1v) is 5.47. The minimum atomic E-state index is -0.694. The molecule has 0 aliphatic heterocycles. The second-order valence-electron chi connectivity index (χ2n) is 4.21. The van der Waals surface area contributed by atoms with Gasteiger partial charge in [-0.25, -0.2) is 4.79 Å². The first-order valence-electron chi connectivity index (χ1n) is 5.47. The van der Waals surface area contributed by atoms with Gasteiger partial charge < -0.3 is 9.52 Å². The van der Waals surface area contributed by atoms with Gasteiger partial charge in [0, 0.05) is 5.39 Å². The Kier molecular flexibility index (Phi) is 3.00. The molecule has 0 spiro atoms. The lowest BCUT2D eigenvalue weighted by atomic mass is 10.0. The van der Waals surface area contributed by atoms with Crippen molar-refractivity contribution < 1.29 is 9.52 Å². The number of aromatic hydroxyl groups is 1. The molecule has 3 heteroatoms. The molecule has 0 saturated heterocycles. The van der Waals surface area contributed by atoms with Gasteiger partial charge in [0.25, 0.3) is 0 Å². The van der Waals surface area contributed by atoms with E-state index in [0.717, 1.165) is 29.4 Å². The van der Waals surface area contributed by atoms with Crippen LogP contribution in [-0.2, 0) is 6.42 Å². The fourth-order valence-electron chi connectivity index (χ4n) is 1.74. The van der Waals surface area contributed by atoms with Crippen LogP contribution in [0.5, 0.6) is 5.75 Å². The Balaban J connectivity index is 2.52. The van der Waals surface area contributed by atoms with Crippen LogP contribution in [0, 0.1) is 0 Å². The average molecular weight is 230 g/mol. The maximum atomic E-state index is 11.3. The lowest BCUT2D eigenvalue weighted by Crippen LogP contribution is -1.99. The zero-order chi connectivity index (χ0) is 12.4. The van der Waals surface area contributed by atoms with Crippen LogP contribution in [0.4, 0.5) is 0 Å². The molecule has 2 aromatic rings. The highest BCUT2D eigenvalue weighted by atomic mass is 16.4. The molecule has 2 rings (SSSR count). The van der Waals surface area contributed by atoms with Gasteiger partial charge in [-0.15, -0.1) is 6.58 Å². The van der Waals surface area contributed by atoms with Crippen LogP contribution in [0.1, 0.15) is 18.9 Å². The molecule has 3 nitrogen and oxygen atoms in total. The highest BCUT2D eigenvalue weighted by Gasteiger charge is 2.07. The summed E-state index contributed by atoms with van der Waals surface area (Å²) < 4.78 is 5.12. The van der Waals surface area contributed by atoms with Crippen LogP contribution in [0.15, 0.2) is 45.6 Å². The van der Waals surface area contributed by atoms with Gasteiger partial charge in [-0.3, -0.25) is 0 Å². The van der Waals surface area contributed by atoms with Crippen molar-refractivity contribution >= 4 is 11.0 Å². The summed E-state index contributed by atoms with van der Waals surface area (Å²) in [6.45, 7) is 5.81. The average Bonchev–Trinajstić information content (AvgIpc) is 2.28. The molecule has 0 unspecified atom stereocenters. The first-order chi connectivity index (χ1) is 8.08. The second kappa shape index (κ2) is 4.45. The van der Waals surface area contributed by atoms with Crippen LogP contribution in [0.2, 0.25) is 0 Å². The quantitative estimate of drug-likeness (QED) is 0.651. The summed E-state index contributed by atoms with van der Waals surface area (Å²) in [5.74, 6) is -0.352. The van der Waals surface area contributed by atoms with Crippen LogP contribution < -0.4 is 5.63 Å². The summed E-state index contributed by atoms with van der Waals surface area (Å²) in [4.78, 5) is 11.3. The van der Waals surface area contributed by atoms with Gasteiger partial charge in [0.2, 0.25) is 5.75 Å². The number of rotatable bonds is 3. The van der Waals surface area contributed by atoms with Crippen LogP contribution in [0.25, 0.3) is 11.0 Å². The van der Waals surface area contributed by atoms with E-state index >= 15 is 0 Å². The van der Waals surface area contributed by atoms with Crippen molar-refractivity contribution in [1.29, 1.82) is 0 Å². The van der Waals surface area contributed by atoms with Crippen LogP contribution in [0.3, 0.4) is 0 Å². The van der Waals surface area contributed by atoms with E-state index in [1.807, 2.05) is 25.1 Å². The zero-order valence-corrected chi connectivity index (χ0v) is 9.69. The molecule has 0 atom stereocenters. The molecule has 0 aliphatic carbocycles. The minimum absolute atomic E-state index is 0.352. The van der Waals surface area contributed by atoms with E-state index in [2.05, 4.69) is 6.58 Å². The SMILES string of the molecule is C=C(C)CCc1cccc2cc(O)c(=O)oc12. The highest BCUT2D eigenvalue weighted by Crippen LogP contribution is 2.22. The topological polar surface area (TPSA) is 50.4 Å². The fourth-order valence-corrected chi connectivity index (χ4v) is 1.74. The monoisotopic (exact) mass is 230 g/mol. The number of hydrogen-bond acceptors (Lipinski definition) is 3. The Morgan fingerprint density at radius 2 is 2.24 bits per heavy atom. The van der Waals surface area contributed by atoms with E-state index in [-0.39, 0.29) is 5.75 Å². The molecule has 1 heterocycles. The second-order valence-corrected chi connectivity index (χ2v) is 4.21. The van der Waals surface area contributed by atoms with E-state index in [0.29, 0.717) is 5.58 Å². The molecule has 0 saturated carbocycles. The van der Waals surface area contributed by atoms with E-state index in [9.17, 15) is 9.90 Å². The van der Waals surface area contributed by atoms with Gasteiger partial charge >= 0.3 is 5.63 Å². The lowest BCUT2D eigenvalue weighted by Gasteiger charge is -2.05. The number of allylic oxidation sites excluding steroid dienone is 1. The third-order valence-corrected chi connectivity index (χ3v) is 2.64. The molecule has 0 fully saturated rings. The van der Waals surface area contributed by atoms with E-state index < -0.39 is 5.63 Å². The number of hydrogen-bond donors (Lipinski definition) is 1. The molecular formula is C14H14O3. The number of para-hydroxylation sites is 1. The standard InChI is InChI=1S/C14H14O3/c1-9(2)6-7-10-4-3-5-11-8-12(15)14(16)17-13(10)11/h3-5,8,15H,1,6-7H2,2H3. The fraction of sp³-hybridized carbons (Fsp3) is 0.214. The van der Waals surface area contributed by atoms with Crippen molar-refractivity contribution in [3.8, 4) is 5.75 Å². The van der Waals surface area contributed by atoms with Crippen molar-refractivity contribution in [2.24, 2.45) is 0 Å². The number of aryl methyl sites for hydroxylation is 1. The van der Waals surface area contributed by atoms with Crippen molar-refractivity contribution in [2.75, 3.05) is 0 Å². The molecule has 0 amide bonds. The Hall–Kier alpha value is -2.03. The van der Waals surface area contributed by atoms with Gasteiger partial charge in [0.05, 0.1) is 0 Å². The van der Waals surface area contributed by atoms with Crippen LogP contribution >= 0.6 is 0 Å². The van der Waals surface area contributed by atoms with Gasteiger partial charge in [0.1, 0.15) is 5.58 Å². The summed E-state index contributed by atoms with van der Waals surface area (Å²) in [5.41, 5.74) is 1.91. The predicted molar refractivity (Wildman–Crippen MR) is 67.3 cm³/mol. The minimum Gasteiger partial charge on any atom is -0.502 e. The van der Waals surface area contributed by atoms with Crippen molar-refractivity contribution in [3.05, 3.63) is 52.4 Å². The third kappa shape index (κ3) is 2.38. The molecule has 17 heavy (non-hydrogen) atoms.